The topological polar surface area (TPSA) is 96.5 Å². The summed E-state index contributed by atoms with van der Waals surface area (Å²) in [4.78, 5) is 35.4. The Labute approximate surface area is 160 Å². The van der Waals surface area contributed by atoms with Crippen LogP contribution in [0.15, 0.2) is 24.3 Å². The van der Waals surface area contributed by atoms with Gasteiger partial charge in [0.15, 0.2) is 0 Å². The summed E-state index contributed by atoms with van der Waals surface area (Å²) in [6.45, 7) is 5.46. The van der Waals surface area contributed by atoms with Gasteiger partial charge in [-0.05, 0) is 51.3 Å². The number of hydrogen-bond acceptors (Lipinski definition) is 4. The Balaban J connectivity index is 1.70. The molecule has 148 valence electrons. The van der Waals surface area contributed by atoms with Crippen LogP contribution in [0.2, 0.25) is 0 Å². The van der Waals surface area contributed by atoms with Crippen LogP contribution in [0.25, 0.3) is 0 Å². The molecule has 0 aliphatic heterocycles. The average Bonchev–Trinajstić information content (AvgIpc) is 3.12. The summed E-state index contributed by atoms with van der Waals surface area (Å²) in [5, 5.41) is 8.08. The number of hydrogen-bond donors (Lipinski definition) is 3. The molecule has 1 aromatic carbocycles. The van der Waals surface area contributed by atoms with Crippen molar-refractivity contribution in [1.29, 1.82) is 0 Å². The molecule has 27 heavy (non-hydrogen) atoms. The van der Waals surface area contributed by atoms with E-state index in [-0.39, 0.29) is 24.3 Å². The average molecular weight is 375 g/mol. The Hall–Kier alpha value is -2.57. The summed E-state index contributed by atoms with van der Waals surface area (Å²) in [6, 6.07) is 7.36. The zero-order chi connectivity index (χ0) is 19.9. The van der Waals surface area contributed by atoms with Crippen molar-refractivity contribution in [2.24, 2.45) is 5.92 Å². The van der Waals surface area contributed by atoms with Crippen LogP contribution < -0.4 is 16.0 Å². The smallest absolute Gasteiger partial charge is 0.408 e. The Bertz CT molecular complexity index is 659. The summed E-state index contributed by atoms with van der Waals surface area (Å²) in [5.41, 5.74) is 1.06. The Kier molecular flexibility index (Phi) is 7.21. The number of alkyl carbamates (subject to hydrolysis) is 1. The van der Waals surface area contributed by atoms with Gasteiger partial charge in [-0.1, -0.05) is 25.0 Å². The number of anilines is 1. The second kappa shape index (κ2) is 9.39. The fourth-order valence-corrected chi connectivity index (χ4v) is 2.87. The number of nitrogens with one attached hydrogen (secondary N) is 3. The van der Waals surface area contributed by atoms with Crippen LogP contribution in [-0.4, -0.2) is 30.1 Å². The summed E-state index contributed by atoms with van der Waals surface area (Å²) in [6.07, 6.45) is 3.56. The van der Waals surface area contributed by atoms with Crippen LogP contribution in [0.3, 0.4) is 0 Å². The molecule has 2 rings (SSSR count). The highest BCUT2D eigenvalue weighted by Gasteiger charge is 2.22. The van der Waals surface area contributed by atoms with E-state index in [1.165, 1.54) is 0 Å². The van der Waals surface area contributed by atoms with Crippen molar-refractivity contribution in [2.45, 2.75) is 58.6 Å². The minimum Gasteiger partial charge on any atom is -0.444 e. The van der Waals surface area contributed by atoms with Crippen molar-refractivity contribution in [3.63, 3.8) is 0 Å². The molecular weight excluding hydrogens is 346 g/mol. The Morgan fingerprint density at radius 2 is 1.67 bits per heavy atom. The van der Waals surface area contributed by atoms with Gasteiger partial charge in [-0.3, -0.25) is 9.59 Å². The van der Waals surface area contributed by atoms with E-state index in [1.807, 2.05) is 24.3 Å². The molecule has 3 amide bonds. The van der Waals surface area contributed by atoms with Gasteiger partial charge in [0, 0.05) is 18.2 Å². The van der Waals surface area contributed by atoms with Crippen LogP contribution >= 0.6 is 0 Å². The van der Waals surface area contributed by atoms with E-state index < -0.39 is 11.7 Å². The van der Waals surface area contributed by atoms with Crippen LogP contribution in [0.1, 0.15) is 52.0 Å². The molecule has 0 heterocycles. The fraction of sp³-hybridized carbons (Fsp3) is 0.550. The van der Waals surface area contributed by atoms with E-state index in [9.17, 15) is 14.4 Å². The molecule has 0 bridgehead atoms. The molecular formula is C20H29N3O4. The Morgan fingerprint density at radius 1 is 1.04 bits per heavy atom. The van der Waals surface area contributed by atoms with Gasteiger partial charge >= 0.3 is 6.09 Å². The molecule has 7 heteroatoms. The van der Waals surface area contributed by atoms with E-state index in [2.05, 4.69) is 16.0 Å². The standard InChI is InChI=1S/C20H29N3O4/c1-20(2,3)27-19(26)22-13-17(24)21-12-14-8-10-16(11-9-14)23-18(25)15-6-4-5-7-15/h8-11,15H,4-7,12-13H2,1-3H3,(H,21,24)(H,22,26)(H,23,25). The quantitative estimate of drug-likeness (QED) is 0.712. The highest BCUT2D eigenvalue weighted by Crippen LogP contribution is 2.26. The zero-order valence-corrected chi connectivity index (χ0v) is 16.3. The lowest BCUT2D eigenvalue weighted by atomic mass is 10.1. The van der Waals surface area contributed by atoms with Crippen molar-refractivity contribution < 1.29 is 19.1 Å². The minimum atomic E-state index is -0.625. The molecule has 3 N–H and O–H groups in total. The van der Waals surface area contributed by atoms with Crippen molar-refractivity contribution in [1.82, 2.24) is 10.6 Å². The van der Waals surface area contributed by atoms with Gasteiger partial charge in [0.25, 0.3) is 0 Å². The maximum absolute atomic E-state index is 12.1. The van der Waals surface area contributed by atoms with Crippen molar-refractivity contribution >= 4 is 23.6 Å². The van der Waals surface area contributed by atoms with Gasteiger partial charge < -0.3 is 20.7 Å². The Morgan fingerprint density at radius 3 is 2.26 bits per heavy atom. The van der Waals surface area contributed by atoms with Gasteiger partial charge in [0.1, 0.15) is 12.1 Å². The highest BCUT2D eigenvalue weighted by molar-refractivity contribution is 5.92. The first-order chi connectivity index (χ1) is 12.7. The van der Waals surface area contributed by atoms with E-state index in [4.69, 9.17) is 4.74 Å². The molecule has 0 atom stereocenters. The zero-order valence-electron chi connectivity index (χ0n) is 16.3. The highest BCUT2D eigenvalue weighted by atomic mass is 16.6. The van der Waals surface area contributed by atoms with E-state index >= 15 is 0 Å². The van der Waals surface area contributed by atoms with Crippen LogP contribution in [0, 0.1) is 5.92 Å². The maximum atomic E-state index is 12.1. The molecule has 1 fully saturated rings. The maximum Gasteiger partial charge on any atom is 0.408 e. The van der Waals surface area contributed by atoms with Crippen molar-refractivity contribution in [3.8, 4) is 0 Å². The molecule has 1 aliphatic rings. The SMILES string of the molecule is CC(C)(C)OC(=O)NCC(=O)NCc1ccc(NC(=O)C2CCCC2)cc1. The first kappa shape index (κ1) is 20.7. The summed E-state index contributed by atoms with van der Waals surface area (Å²) in [5.74, 6) is -0.0947. The molecule has 0 spiro atoms. The molecule has 1 aliphatic carbocycles. The lowest BCUT2D eigenvalue weighted by Gasteiger charge is -2.19. The van der Waals surface area contributed by atoms with Crippen LogP contribution in [0.4, 0.5) is 10.5 Å². The number of carbonyl (C=O) groups is 3. The predicted octanol–water partition coefficient (Wildman–Crippen LogP) is 2.96. The number of rotatable bonds is 6. The molecule has 0 aromatic heterocycles. The minimum absolute atomic E-state index is 0.0850. The van der Waals surface area contributed by atoms with Crippen molar-refractivity contribution in [3.05, 3.63) is 29.8 Å². The number of benzene rings is 1. The first-order valence-electron chi connectivity index (χ1n) is 9.36. The lowest BCUT2D eigenvalue weighted by molar-refractivity contribution is -0.120. The van der Waals surface area contributed by atoms with Gasteiger partial charge in [-0.2, -0.15) is 0 Å². The predicted molar refractivity (Wildman–Crippen MR) is 103 cm³/mol. The van der Waals surface area contributed by atoms with Gasteiger partial charge in [-0.15, -0.1) is 0 Å². The molecule has 1 aromatic rings. The molecule has 7 nitrogen and oxygen atoms in total. The van der Waals surface area contributed by atoms with Gasteiger partial charge in [0.05, 0.1) is 0 Å². The fourth-order valence-electron chi connectivity index (χ4n) is 2.87. The number of amides is 3. The van der Waals surface area contributed by atoms with Crippen molar-refractivity contribution in [2.75, 3.05) is 11.9 Å². The lowest BCUT2D eigenvalue weighted by Crippen LogP contribution is -2.39. The third-order valence-corrected chi connectivity index (χ3v) is 4.23. The third kappa shape index (κ3) is 7.68. The van der Waals surface area contributed by atoms with E-state index in [0.717, 1.165) is 36.9 Å². The monoisotopic (exact) mass is 375 g/mol. The molecule has 1 saturated carbocycles. The van der Waals surface area contributed by atoms with E-state index in [0.29, 0.717) is 6.54 Å². The van der Waals surface area contributed by atoms with E-state index in [1.54, 1.807) is 20.8 Å². The van der Waals surface area contributed by atoms with Gasteiger partial charge in [0.2, 0.25) is 11.8 Å². The molecule has 0 saturated heterocycles. The van der Waals surface area contributed by atoms with Gasteiger partial charge in [-0.25, -0.2) is 4.79 Å². The molecule has 0 unspecified atom stereocenters. The summed E-state index contributed by atoms with van der Waals surface area (Å²) >= 11 is 0. The van der Waals surface area contributed by atoms with Crippen LogP contribution in [-0.2, 0) is 20.9 Å². The largest absolute Gasteiger partial charge is 0.444 e. The number of carbonyl (C=O) groups excluding carboxylic acids is 3. The second-order valence-electron chi connectivity index (χ2n) is 7.80. The third-order valence-electron chi connectivity index (χ3n) is 4.23. The normalized spacial score (nSPS) is 14.5. The second-order valence-corrected chi connectivity index (χ2v) is 7.80. The summed E-state index contributed by atoms with van der Waals surface area (Å²) < 4.78 is 5.07. The van der Waals surface area contributed by atoms with Crippen LogP contribution in [0.5, 0.6) is 0 Å². The number of ether oxygens (including phenoxy) is 1. The first-order valence-corrected chi connectivity index (χ1v) is 9.36. The molecule has 0 radical (unpaired) electrons. The summed E-state index contributed by atoms with van der Waals surface area (Å²) in [7, 11) is 0.